The molecule has 0 spiro atoms. The van der Waals surface area contributed by atoms with Gasteiger partial charge in [0.05, 0.1) is 6.61 Å². The van der Waals surface area contributed by atoms with Gasteiger partial charge in [-0.05, 0) is 19.8 Å². The number of ether oxygens (including phenoxy) is 1. The van der Waals surface area contributed by atoms with E-state index in [1.165, 1.54) is 0 Å². The van der Waals surface area contributed by atoms with Gasteiger partial charge in [0.2, 0.25) is 5.88 Å². The van der Waals surface area contributed by atoms with Crippen LogP contribution in [0.2, 0.25) is 0 Å². The maximum absolute atomic E-state index is 5.35. The van der Waals surface area contributed by atoms with Gasteiger partial charge in [-0.25, -0.2) is 9.97 Å². The number of hydrogen-bond donors (Lipinski definition) is 0. The smallest absolute Gasteiger partial charge is 0.218 e. The van der Waals surface area contributed by atoms with Gasteiger partial charge in [-0.15, -0.1) is 0 Å². The Kier molecular flexibility index (Phi) is 2.75. The molecule has 0 N–H and O–H groups in total. The Morgan fingerprint density at radius 2 is 2.27 bits per heavy atom. The molecule has 1 saturated heterocycles. The van der Waals surface area contributed by atoms with E-state index in [-0.39, 0.29) is 0 Å². The first-order valence-corrected chi connectivity index (χ1v) is 5.44. The van der Waals surface area contributed by atoms with E-state index in [2.05, 4.69) is 28.7 Å². The molecular weight excluding hydrogens is 190 g/mol. The molecule has 1 aliphatic rings. The third-order valence-corrected chi connectivity index (χ3v) is 3.01. The van der Waals surface area contributed by atoms with Gasteiger partial charge in [0.1, 0.15) is 12.1 Å². The van der Waals surface area contributed by atoms with Crippen LogP contribution in [0.4, 0.5) is 5.82 Å². The standard InChI is InChI=1S/C11H17N3O/c1-4-15-11-5-10(12-7-13-11)14-6-8(2)9(14)3/h5,7-9H,4,6H2,1-3H3/t8-,9-/m1/s1. The Labute approximate surface area is 90.3 Å². The van der Waals surface area contributed by atoms with Crippen LogP contribution in [-0.2, 0) is 0 Å². The molecule has 4 nitrogen and oxygen atoms in total. The minimum Gasteiger partial charge on any atom is -0.478 e. The van der Waals surface area contributed by atoms with Crippen LogP contribution in [0.1, 0.15) is 20.8 Å². The fourth-order valence-electron chi connectivity index (χ4n) is 1.81. The van der Waals surface area contributed by atoms with Crippen LogP contribution in [0, 0.1) is 5.92 Å². The zero-order valence-electron chi connectivity index (χ0n) is 9.47. The summed E-state index contributed by atoms with van der Waals surface area (Å²) in [6.07, 6.45) is 1.57. The van der Waals surface area contributed by atoms with E-state index in [4.69, 9.17) is 4.74 Å². The van der Waals surface area contributed by atoms with E-state index < -0.39 is 0 Å². The molecule has 0 unspecified atom stereocenters. The molecule has 1 aromatic rings. The average molecular weight is 207 g/mol. The van der Waals surface area contributed by atoms with Gasteiger partial charge in [-0.1, -0.05) is 6.92 Å². The minimum atomic E-state index is 0.564. The second-order valence-electron chi connectivity index (χ2n) is 4.02. The van der Waals surface area contributed by atoms with Crippen molar-refractivity contribution in [1.82, 2.24) is 9.97 Å². The molecule has 1 fully saturated rings. The second kappa shape index (κ2) is 4.04. The molecule has 15 heavy (non-hydrogen) atoms. The van der Waals surface area contributed by atoms with Gasteiger partial charge in [0.15, 0.2) is 0 Å². The summed E-state index contributed by atoms with van der Waals surface area (Å²) < 4.78 is 5.35. The first-order valence-electron chi connectivity index (χ1n) is 5.44. The van der Waals surface area contributed by atoms with Crippen molar-refractivity contribution < 1.29 is 4.74 Å². The van der Waals surface area contributed by atoms with E-state index in [1.54, 1.807) is 6.33 Å². The summed E-state index contributed by atoms with van der Waals surface area (Å²) in [7, 11) is 0. The van der Waals surface area contributed by atoms with Crippen molar-refractivity contribution in [2.24, 2.45) is 5.92 Å². The lowest BCUT2D eigenvalue weighted by molar-refractivity contribution is 0.320. The van der Waals surface area contributed by atoms with Crippen molar-refractivity contribution >= 4 is 5.82 Å². The predicted molar refractivity (Wildman–Crippen MR) is 59.2 cm³/mol. The molecule has 0 radical (unpaired) electrons. The largest absolute Gasteiger partial charge is 0.478 e. The summed E-state index contributed by atoms with van der Waals surface area (Å²) in [4.78, 5) is 10.6. The highest BCUT2D eigenvalue weighted by molar-refractivity contribution is 5.45. The van der Waals surface area contributed by atoms with Crippen LogP contribution in [-0.4, -0.2) is 29.2 Å². The monoisotopic (exact) mass is 207 g/mol. The van der Waals surface area contributed by atoms with E-state index in [0.717, 1.165) is 18.3 Å². The Hall–Kier alpha value is -1.32. The third-order valence-electron chi connectivity index (χ3n) is 3.01. The van der Waals surface area contributed by atoms with Crippen molar-refractivity contribution in [1.29, 1.82) is 0 Å². The molecule has 2 atom stereocenters. The average Bonchev–Trinajstić information content (AvgIpc) is 2.26. The van der Waals surface area contributed by atoms with Gasteiger partial charge in [-0.2, -0.15) is 0 Å². The molecule has 1 aromatic heterocycles. The minimum absolute atomic E-state index is 0.564. The molecule has 0 aromatic carbocycles. The van der Waals surface area contributed by atoms with Crippen molar-refractivity contribution in [3.05, 3.63) is 12.4 Å². The molecule has 2 heterocycles. The number of nitrogens with zero attached hydrogens (tertiary/aromatic N) is 3. The summed E-state index contributed by atoms with van der Waals surface area (Å²) in [5, 5.41) is 0. The van der Waals surface area contributed by atoms with Crippen LogP contribution in [0.5, 0.6) is 5.88 Å². The number of hydrogen-bond acceptors (Lipinski definition) is 4. The lowest BCUT2D eigenvalue weighted by Crippen LogP contribution is -2.53. The maximum Gasteiger partial charge on any atom is 0.218 e. The fourth-order valence-corrected chi connectivity index (χ4v) is 1.81. The summed E-state index contributed by atoms with van der Waals surface area (Å²) in [5.74, 6) is 2.38. The molecule has 4 heteroatoms. The summed E-state index contributed by atoms with van der Waals surface area (Å²) in [6.45, 7) is 8.14. The zero-order valence-corrected chi connectivity index (χ0v) is 9.47. The van der Waals surface area contributed by atoms with Gasteiger partial charge in [-0.3, -0.25) is 0 Å². The first kappa shape index (κ1) is 10.2. The summed E-state index contributed by atoms with van der Waals surface area (Å²) in [5.41, 5.74) is 0. The highest BCUT2D eigenvalue weighted by Crippen LogP contribution is 2.29. The third kappa shape index (κ3) is 1.89. The molecule has 2 rings (SSSR count). The number of rotatable bonds is 3. The maximum atomic E-state index is 5.35. The Balaban J connectivity index is 2.12. The Morgan fingerprint density at radius 3 is 2.87 bits per heavy atom. The van der Waals surface area contributed by atoms with Crippen LogP contribution in [0.25, 0.3) is 0 Å². The van der Waals surface area contributed by atoms with Crippen LogP contribution >= 0.6 is 0 Å². The molecule has 0 amide bonds. The summed E-state index contributed by atoms with van der Waals surface area (Å²) >= 11 is 0. The first-order chi connectivity index (χ1) is 7.22. The lowest BCUT2D eigenvalue weighted by atomic mass is 9.92. The number of anilines is 1. The van der Waals surface area contributed by atoms with Gasteiger partial charge in [0.25, 0.3) is 0 Å². The van der Waals surface area contributed by atoms with Crippen molar-refractivity contribution in [2.45, 2.75) is 26.8 Å². The Morgan fingerprint density at radius 1 is 1.47 bits per heavy atom. The van der Waals surface area contributed by atoms with Crippen molar-refractivity contribution in [2.75, 3.05) is 18.1 Å². The summed E-state index contributed by atoms with van der Waals surface area (Å²) in [6, 6.07) is 2.47. The van der Waals surface area contributed by atoms with E-state index >= 15 is 0 Å². The van der Waals surface area contributed by atoms with Gasteiger partial charge < -0.3 is 9.64 Å². The predicted octanol–water partition coefficient (Wildman–Crippen LogP) is 1.72. The molecular formula is C11H17N3O. The van der Waals surface area contributed by atoms with E-state index in [1.807, 2.05) is 13.0 Å². The van der Waals surface area contributed by atoms with E-state index in [9.17, 15) is 0 Å². The fraction of sp³-hybridized carbons (Fsp3) is 0.636. The lowest BCUT2D eigenvalue weighted by Gasteiger charge is -2.45. The van der Waals surface area contributed by atoms with Crippen LogP contribution < -0.4 is 9.64 Å². The zero-order chi connectivity index (χ0) is 10.8. The normalized spacial score (nSPS) is 24.9. The van der Waals surface area contributed by atoms with Crippen molar-refractivity contribution in [3.63, 3.8) is 0 Å². The van der Waals surface area contributed by atoms with Crippen molar-refractivity contribution in [3.8, 4) is 5.88 Å². The van der Waals surface area contributed by atoms with Crippen LogP contribution in [0.15, 0.2) is 12.4 Å². The molecule has 0 aliphatic carbocycles. The number of aromatic nitrogens is 2. The highest BCUT2D eigenvalue weighted by Gasteiger charge is 2.32. The quantitative estimate of drug-likeness (QED) is 0.756. The molecule has 1 aliphatic heterocycles. The SMILES string of the molecule is CCOc1cc(N2C[C@@H](C)[C@H]2C)ncn1. The molecule has 82 valence electrons. The van der Waals surface area contributed by atoms with Gasteiger partial charge in [0, 0.05) is 18.7 Å². The topological polar surface area (TPSA) is 38.2 Å². The highest BCUT2D eigenvalue weighted by atomic mass is 16.5. The van der Waals surface area contributed by atoms with E-state index in [0.29, 0.717) is 18.5 Å². The van der Waals surface area contributed by atoms with Crippen LogP contribution in [0.3, 0.4) is 0 Å². The van der Waals surface area contributed by atoms with Gasteiger partial charge >= 0.3 is 0 Å². The molecule has 0 bridgehead atoms. The Bertz CT molecular complexity index is 342. The second-order valence-corrected chi connectivity index (χ2v) is 4.02. The molecule has 0 saturated carbocycles.